The molecule has 0 aliphatic carbocycles. The SMILES string of the molecule is COc1ccc([C@H]2CCCCCN2Cc2nc3ccsc3c(=O)[nH]2)cc1. The monoisotopic (exact) mass is 369 g/mol. The number of nitrogens with zero attached hydrogens (tertiary/aromatic N) is 2. The van der Waals surface area contributed by atoms with Crippen LogP contribution < -0.4 is 10.3 Å². The van der Waals surface area contributed by atoms with E-state index in [1.54, 1.807) is 7.11 Å². The quantitative estimate of drug-likeness (QED) is 0.752. The molecule has 1 aliphatic heterocycles. The van der Waals surface area contributed by atoms with Gasteiger partial charge in [0.05, 0.1) is 19.2 Å². The van der Waals surface area contributed by atoms with Crippen LogP contribution in [0.2, 0.25) is 0 Å². The molecule has 0 unspecified atom stereocenters. The molecule has 0 bridgehead atoms. The molecule has 6 heteroatoms. The third-order valence-corrected chi connectivity index (χ3v) is 5.98. The number of nitrogens with one attached hydrogen (secondary N) is 1. The van der Waals surface area contributed by atoms with E-state index in [1.807, 2.05) is 23.6 Å². The average Bonchev–Trinajstić information content (AvgIpc) is 3.02. The summed E-state index contributed by atoms with van der Waals surface area (Å²) in [6.07, 6.45) is 4.77. The van der Waals surface area contributed by atoms with E-state index < -0.39 is 0 Å². The Bertz CT molecular complexity index is 932. The highest BCUT2D eigenvalue weighted by Gasteiger charge is 2.23. The van der Waals surface area contributed by atoms with Gasteiger partial charge in [0.2, 0.25) is 0 Å². The Morgan fingerprint density at radius 1 is 1.23 bits per heavy atom. The van der Waals surface area contributed by atoms with Gasteiger partial charge in [-0.15, -0.1) is 11.3 Å². The lowest BCUT2D eigenvalue weighted by Gasteiger charge is -2.30. The van der Waals surface area contributed by atoms with Crippen molar-refractivity contribution >= 4 is 21.6 Å². The van der Waals surface area contributed by atoms with Gasteiger partial charge < -0.3 is 9.72 Å². The van der Waals surface area contributed by atoms with Crippen molar-refractivity contribution < 1.29 is 4.74 Å². The van der Waals surface area contributed by atoms with E-state index in [9.17, 15) is 4.79 Å². The number of aromatic nitrogens is 2. The van der Waals surface area contributed by atoms with E-state index >= 15 is 0 Å². The number of hydrogen-bond acceptors (Lipinski definition) is 5. The molecule has 0 spiro atoms. The summed E-state index contributed by atoms with van der Waals surface area (Å²) < 4.78 is 5.99. The van der Waals surface area contributed by atoms with Crippen LogP contribution in [-0.2, 0) is 6.54 Å². The lowest BCUT2D eigenvalue weighted by Crippen LogP contribution is -2.30. The van der Waals surface area contributed by atoms with Crippen molar-refractivity contribution in [3.05, 3.63) is 57.5 Å². The minimum Gasteiger partial charge on any atom is -0.497 e. The van der Waals surface area contributed by atoms with Crippen molar-refractivity contribution in [3.8, 4) is 5.75 Å². The Kier molecular flexibility index (Phi) is 5.04. The Morgan fingerprint density at radius 2 is 2.08 bits per heavy atom. The van der Waals surface area contributed by atoms with E-state index in [0.29, 0.717) is 17.3 Å². The zero-order chi connectivity index (χ0) is 17.9. The van der Waals surface area contributed by atoms with Gasteiger partial charge in [-0.3, -0.25) is 9.69 Å². The molecule has 136 valence electrons. The Morgan fingerprint density at radius 3 is 2.88 bits per heavy atom. The lowest BCUT2D eigenvalue weighted by molar-refractivity contribution is 0.187. The van der Waals surface area contributed by atoms with Crippen molar-refractivity contribution in [1.82, 2.24) is 14.9 Å². The number of thiophene rings is 1. The highest BCUT2D eigenvalue weighted by Crippen LogP contribution is 2.32. The molecule has 1 aromatic carbocycles. The minimum absolute atomic E-state index is 0.0316. The van der Waals surface area contributed by atoms with Gasteiger partial charge in [0.25, 0.3) is 5.56 Å². The van der Waals surface area contributed by atoms with Gasteiger partial charge in [0, 0.05) is 6.04 Å². The summed E-state index contributed by atoms with van der Waals surface area (Å²) in [5.41, 5.74) is 2.06. The molecule has 1 fully saturated rings. The van der Waals surface area contributed by atoms with E-state index in [1.165, 1.54) is 36.2 Å². The molecule has 2 aromatic heterocycles. The first-order chi connectivity index (χ1) is 12.7. The van der Waals surface area contributed by atoms with Crippen LogP contribution in [-0.4, -0.2) is 28.5 Å². The number of likely N-dealkylation sites (tertiary alicyclic amines) is 1. The molecular formula is C20H23N3O2S. The van der Waals surface area contributed by atoms with Crippen molar-refractivity contribution in [1.29, 1.82) is 0 Å². The fourth-order valence-corrected chi connectivity index (χ4v) is 4.47. The molecule has 1 N–H and O–H groups in total. The predicted molar refractivity (Wildman–Crippen MR) is 105 cm³/mol. The van der Waals surface area contributed by atoms with E-state index in [2.05, 4.69) is 27.0 Å². The smallest absolute Gasteiger partial charge is 0.268 e. The number of benzene rings is 1. The summed E-state index contributed by atoms with van der Waals surface area (Å²) in [7, 11) is 1.69. The highest BCUT2D eigenvalue weighted by atomic mass is 32.1. The highest BCUT2D eigenvalue weighted by molar-refractivity contribution is 7.17. The van der Waals surface area contributed by atoms with Gasteiger partial charge >= 0.3 is 0 Å². The molecular weight excluding hydrogens is 346 g/mol. The van der Waals surface area contributed by atoms with Crippen molar-refractivity contribution in [2.24, 2.45) is 0 Å². The third kappa shape index (κ3) is 3.52. The summed E-state index contributed by atoms with van der Waals surface area (Å²) >= 11 is 1.44. The first-order valence-corrected chi connectivity index (χ1v) is 9.97. The maximum atomic E-state index is 12.3. The fourth-order valence-electron chi connectivity index (χ4n) is 3.75. The molecule has 26 heavy (non-hydrogen) atoms. The normalized spacial score (nSPS) is 18.7. The Hall–Kier alpha value is -2.18. The zero-order valence-corrected chi connectivity index (χ0v) is 15.7. The zero-order valence-electron chi connectivity index (χ0n) is 14.9. The molecule has 0 saturated carbocycles. The molecule has 3 heterocycles. The largest absolute Gasteiger partial charge is 0.497 e. The van der Waals surface area contributed by atoms with E-state index in [-0.39, 0.29) is 5.56 Å². The number of ether oxygens (including phenoxy) is 1. The number of hydrogen-bond donors (Lipinski definition) is 1. The first kappa shape index (κ1) is 17.2. The maximum absolute atomic E-state index is 12.3. The topological polar surface area (TPSA) is 58.2 Å². The third-order valence-electron chi connectivity index (χ3n) is 5.08. The predicted octanol–water partition coefficient (Wildman–Crippen LogP) is 4.11. The number of rotatable bonds is 4. The van der Waals surface area contributed by atoms with Crippen LogP contribution in [0.1, 0.15) is 43.1 Å². The van der Waals surface area contributed by atoms with Gasteiger partial charge in [-0.2, -0.15) is 0 Å². The average molecular weight is 369 g/mol. The van der Waals surface area contributed by atoms with Gasteiger partial charge in [-0.1, -0.05) is 25.0 Å². The molecule has 1 saturated heterocycles. The summed E-state index contributed by atoms with van der Waals surface area (Å²) in [5.74, 6) is 1.63. The second-order valence-corrected chi connectivity index (χ2v) is 7.67. The van der Waals surface area contributed by atoms with E-state index in [0.717, 1.165) is 30.1 Å². The van der Waals surface area contributed by atoms with Crippen LogP contribution in [0.5, 0.6) is 5.75 Å². The van der Waals surface area contributed by atoms with Gasteiger partial charge in [-0.25, -0.2) is 4.98 Å². The number of aromatic amines is 1. The summed E-state index contributed by atoms with van der Waals surface area (Å²) in [5, 5.41) is 1.92. The van der Waals surface area contributed by atoms with Gasteiger partial charge in [-0.05, 0) is 48.5 Å². The molecule has 0 amide bonds. The van der Waals surface area contributed by atoms with Gasteiger partial charge in [0.15, 0.2) is 0 Å². The Labute approximate surface area is 156 Å². The van der Waals surface area contributed by atoms with E-state index in [4.69, 9.17) is 4.74 Å². The Balaban J connectivity index is 1.62. The van der Waals surface area contributed by atoms with Gasteiger partial charge in [0.1, 0.15) is 16.3 Å². The van der Waals surface area contributed by atoms with Crippen molar-refractivity contribution in [3.63, 3.8) is 0 Å². The second kappa shape index (κ2) is 7.60. The molecule has 1 aliphatic rings. The standard InChI is InChI=1S/C20H23N3O2S/c1-25-15-8-6-14(7-9-15)17-5-3-2-4-11-23(17)13-18-21-16-10-12-26-19(16)20(24)22-18/h6-10,12,17H,2-5,11,13H2,1H3,(H,21,22,24)/t17-/m1/s1. The molecule has 5 nitrogen and oxygen atoms in total. The van der Waals surface area contributed by atoms with Crippen LogP contribution in [0, 0.1) is 0 Å². The minimum atomic E-state index is -0.0316. The lowest BCUT2D eigenvalue weighted by atomic mass is 10.0. The van der Waals surface area contributed by atoms with Crippen LogP contribution in [0.4, 0.5) is 0 Å². The maximum Gasteiger partial charge on any atom is 0.268 e. The van der Waals surface area contributed by atoms with Crippen LogP contribution in [0.25, 0.3) is 10.2 Å². The van der Waals surface area contributed by atoms with Crippen molar-refractivity contribution in [2.75, 3.05) is 13.7 Å². The first-order valence-electron chi connectivity index (χ1n) is 9.09. The summed E-state index contributed by atoms with van der Waals surface area (Å²) in [6, 6.07) is 10.6. The summed E-state index contributed by atoms with van der Waals surface area (Å²) in [6.45, 7) is 1.68. The van der Waals surface area contributed by atoms with Crippen LogP contribution in [0.15, 0.2) is 40.5 Å². The molecule has 4 rings (SSSR count). The van der Waals surface area contributed by atoms with Crippen molar-refractivity contribution in [2.45, 2.75) is 38.3 Å². The molecule has 0 radical (unpaired) electrons. The van der Waals surface area contributed by atoms with Crippen LogP contribution in [0.3, 0.4) is 0 Å². The second-order valence-electron chi connectivity index (χ2n) is 6.76. The molecule has 3 aromatic rings. The fraction of sp³-hybridized carbons (Fsp3) is 0.400. The number of methoxy groups -OCH3 is 1. The number of fused-ring (bicyclic) bond motifs is 1. The van der Waals surface area contributed by atoms with Crippen LogP contribution >= 0.6 is 11.3 Å². The summed E-state index contributed by atoms with van der Waals surface area (Å²) in [4.78, 5) is 22.4. The molecule has 1 atom stereocenters. The number of H-pyrrole nitrogens is 1.